The molecule has 1 N–H and O–H groups in total. The largest absolute Gasteiger partial charge is 0.347 e. The summed E-state index contributed by atoms with van der Waals surface area (Å²) in [6.07, 6.45) is 0.414. The smallest absolute Gasteiger partial charge is 0.220 e. The molecule has 5 heteroatoms. The molecule has 2 aromatic rings. The van der Waals surface area contributed by atoms with E-state index in [2.05, 4.69) is 5.43 Å². The van der Waals surface area contributed by atoms with Crippen molar-refractivity contribution < 1.29 is 14.3 Å². The van der Waals surface area contributed by atoms with E-state index in [4.69, 9.17) is 4.74 Å². The number of benzene rings is 2. The van der Waals surface area contributed by atoms with E-state index in [0.29, 0.717) is 29.8 Å². The molecule has 130 valence electrons. The van der Waals surface area contributed by atoms with Crippen LogP contribution in [0, 0.1) is 0 Å². The molecule has 0 spiro atoms. The van der Waals surface area contributed by atoms with Crippen LogP contribution in [-0.2, 0) is 4.74 Å². The lowest BCUT2D eigenvalue weighted by atomic mass is 10.1. The van der Waals surface area contributed by atoms with Crippen LogP contribution in [0.3, 0.4) is 0 Å². The molecule has 0 amide bonds. The highest BCUT2D eigenvalue weighted by Crippen LogP contribution is 2.39. The lowest BCUT2D eigenvalue weighted by molar-refractivity contribution is -0.00442. The summed E-state index contributed by atoms with van der Waals surface area (Å²) in [5.41, 5.74) is 4.68. The second kappa shape index (κ2) is 6.69. The van der Waals surface area contributed by atoms with Crippen molar-refractivity contribution in [2.75, 3.05) is 17.0 Å². The van der Waals surface area contributed by atoms with Crippen LogP contribution < -0.4 is 10.4 Å². The third-order valence-electron chi connectivity index (χ3n) is 4.44. The van der Waals surface area contributed by atoms with E-state index in [0.717, 1.165) is 5.69 Å². The number of hydrogen-bond acceptors (Lipinski definition) is 5. The van der Waals surface area contributed by atoms with Crippen molar-refractivity contribution in [3.63, 3.8) is 0 Å². The van der Waals surface area contributed by atoms with Crippen molar-refractivity contribution in [3.05, 3.63) is 59.7 Å². The van der Waals surface area contributed by atoms with E-state index in [1.165, 1.54) is 0 Å². The highest BCUT2D eigenvalue weighted by molar-refractivity contribution is 6.13. The van der Waals surface area contributed by atoms with Crippen LogP contribution in [0.1, 0.15) is 47.9 Å². The summed E-state index contributed by atoms with van der Waals surface area (Å²) in [5.74, 6) is -0.0585. The number of fused-ring (bicyclic) bond motifs is 1. The SMILES string of the molecule is CCO[C@@]1(C)C(=O)c2ccccc2N1Nc1ccccc1C(=O)CC. The number of nitrogens with one attached hydrogen (secondary N) is 1. The Labute approximate surface area is 147 Å². The Balaban J connectivity index is 2.06. The normalized spacial score (nSPS) is 19.0. The molecule has 0 aliphatic carbocycles. The molecule has 5 nitrogen and oxygen atoms in total. The highest BCUT2D eigenvalue weighted by atomic mass is 16.5. The van der Waals surface area contributed by atoms with Crippen LogP contribution in [0.25, 0.3) is 0 Å². The van der Waals surface area contributed by atoms with E-state index >= 15 is 0 Å². The topological polar surface area (TPSA) is 58.6 Å². The Hall–Kier alpha value is -2.66. The van der Waals surface area contributed by atoms with Gasteiger partial charge in [0.1, 0.15) is 0 Å². The molecule has 3 rings (SSSR count). The van der Waals surface area contributed by atoms with Crippen LogP contribution in [0.5, 0.6) is 0 Å². The molecule has 0 radical (unpaired) electrons. The Morgan fingerprint density at radius 1 is 1.12 bits per heavy atom. The van der Waals surface area contributed by atoms with Gasteiger partial charge in [-0.15, -0.1) is 0 Å². The minimum atomic E-state index is -1.17. The molecule has 1 aliphatic rings. The van der Waals surface area contributed by atoms with Gasteiger partial charge in [0, 0.05) is 24.2 Å². The first-order valence-electron chi connectivity index (χ1n) is 8.49. The lowest BCUT2D eigenvalue weighted by Gasteiger charge is -2.36. The maximum atomic E-state index is 12.9. The molecule has 2 aromatic carbocycles. The Morgan fingerprint density at radius 2 is 1.80 bits per heavy atom. The zero-order valence-electron chi connectivity index (χ0n) is 14.7. The number of hydrazine groups is 1. The van der Waals surface area contributed by atoms with Crippen molar-refractivity contribution >= 4 is 22.9 Å². The summed E-state index contributed by atoms with van der Waals surface area (Å²) in [6.45, 7) is 5.83. The molecular weight excluding hydrogens is 316 g/mol. The van der Waals surface area contributed by atoms with Crippen LogP contribution in [0.4, 0.5) is 11.4 Å². The maximum Gasteiger partial charge on any atom is 0.220 e. The molecule has 0 aromatic heterocycles. The van der Waals surface area contributed by atoms with Crippen molar-refractivity contribution in [2.45, 2.75) is 32.9 Å². The minimum absolute atomic E-state index is 0.0417. The van der Waals surface area contributed by atoms with Crippen molar-refractivity contribution in [1.82, 2.24) is 0 Å². The fraction of sp³-hybridized carbons (Fsp3) is 0.300. The second-order valence-electron chi connectivity index (χ2n) is 6.03. The van der Waals surface area contributed by atoms with Crippen molar-refractivity contribution in [3.8, 4) is 0 Å². The summed E-state index contributed by atoms with van der Waals surface area (Å²) in [7, 11) is 0. The average molecular weight is 338 g/mol. The molecule has 1 heterocycles. The molecule has 1 aliphatic heterocycles. The molecular formula is C20H22N2O3. The third-order valence-corrected chi connectivity index (χ3v) is 4.44. The quantitative estimate of drug-likeness (QED) is 0.805. The number of para-hydroxylation sites is 2. The van der Waals surface area contributed by atoms with Crippen LogP contribution in [-0.4, -0.2) is 23.9 Å². The standard InChI is InChI=1S/C20H22N2O3/c1-4-18(23)14-10-6-8-12-16(14)21-22-17-13-9-7-11-15(17)19(24)20(22,3)25-5-2/h6-13,21H,4-5H2,1-3H3/t20-/m0/s1. The van der Waals surface area contributed by atoms with Gasteiger partial charge in [-0.05, 0) is 38.1 Å². The number of Topliss-reactive ketones (excluding diaryl/α,β-unsaturated/α-hetero) is 2. The average Bonchev–Trinajstić information content (AvgIpc) is 2.84. The number of anilines is 2. The van der Waals surface area contributed by atoms with Gasteiger partial charge in [-0.3, -0.25) is 15.0 Å². The molecule has 0 saturated carbocycles. The molecule has 25 heavy (non-hydrogen) atoms. The van der Waals surface area contributed by atoms with Crippen molar-refractivity contribution in [1.29, 1.82) is 0 Å². The van der Waals surface area contributed by atoms with Crippen molar-refractivity contribution in [2.24, 2.45) is 0 Å². The molecule has 0 unspecified atom stereocenters. The number of rotatable bonds is 6. The fourth-order valence-electron chi connectivity index (χ4n) is 3.15. The molecule has 1 atom stereocenters. The minimum Gasteiger partial charge on any atom is -0.347 e. The fourth-order valence-corrected chi connectivity index (χ4v) is 3.15. The molecule has 0 bridgehead atoms. The van der Waals surface area contributed by atoms with E-state index in [1.807, 2.05) is 50.2 Å². The van der Waals surface area contributed by atoms with Gasteiger partial charge < -0.3 is 4.74 Å². The second-order valence-corrected chi connectivity index (χ2v) is 6.03. The number of nitrogens with zero attached hydrogens (tertiary/aromatic N) is 1. The zero-order valence-corrected chi connectivity index (χ0v) is 14.7. The first kappa shape index (κ1) is 17.2. The first-order valence-corrected chi connectivity index (χ1v) is 8.49. The monoisotopic (exact) mass is 338 g/mol. The summed E-state index contributed by atoms with van der Waals surface area (Å²) in [5, 5.41) is 1.72. The van der Waals surface area contributed by atoms with Gasteiger partial charge in [-0.25, -0.2) is 5.01 Å². The van der Waals surface area contributed by atoms with Crippen LogP contribution in [0.2, 0.25) is 0 Å². The summed E-state index contributed by atoms with van der Waals surface area (Å²) >= 11 is 0. The number of carbonyl (C=O) groups excluding carboxylic acids is 2. The van der Waals surface area contributed by atoms with Gasteiger partial charge in [-0.1, -0.05) is 31.2 Å². The Morgan fingerprint density at radius 3 is 2.52 bits per heavy atom. The van der Waals surface area contributed by atoms with Crippen LogP contribution in [0.15, 0.2) is 48.5 Å². The zero-order chi connectivity index (χ0) is 18.0. The van der Waals surface area contributed by atoms with Gasteiger partial charge >= 0.3 is 0 Å². The third kappa shape index (κ3) is 2.81. The van der Waals surface area contributed by atoms with E-state index < -0.39 is 5.72 Å². The number of ketones is 2. The number of carbonyl (C=O) groups is 2. The van der Waals surface area contributed by atoms with Gasteiger partial charge in [0.15, 0.2) is 5.78 Å². The van der Waals surface area contributed by atoms with Gasteiger partial charge in [0.05, 0.1) is 11.4 Å². The summed E-state index contributed by atoms with van der Waals surface area (Å²) in [4.78, 5) is 25.2. The Kier molecular flexibility index (Phi) is 4.59. The van der Waals surface area contributed by atoms with E-state index in [-0.39, 0.29) is 11.6 Å². The van der Waals surface area contributed by atoms with Gasteiger partial charge in [0.2, 0.25) is 11.5 Å². The van der Waals surface area contributed by atoms with Gasteiger partial charge in [-0.2, -0.15) is 0 Å². The summed E-state index contributed by atoms with van der Waals surface area (Å²) in [6, 6.07) is 14.7. The molecule has 0 fully saturated rings. The van der Waals surface area contributed by atoms with E-state index in [9.17, 15) is 9.59 Å². The maximum absolute atomic E-state index is 12.9. The highest BCUT2D eigenvalue weighted by Gasteiger charge is 2.49. The first-order chi connectivity index (χ1) is 12.0. The lowest BCUT2D eigenvalue weighted by Crippen LogP contribution is -2.53. The van der Waals surface area contributed by atoms with Gasteiger partial charge in [0.25, 0.3) is 0 Å². The predicted molar refractivity (Wildman–Crippen MR) is 98.0 cm³/mol. The van der Waals surface area contributed by atoms with E-state index in [1.54, 1.807) is 24.1 Å². The predicted octanol–water partition coefficient (Wildman–Crippen LogP) is 4.06. The number of ether oxygens (including phenoxy) is 1. The molecule has 0 saturated heterocycles. The number of hydrogen-bond donors (Lipinski definition) is 1. The summed E-state index contributed by atoms with van der Waals surface area (Å²) < 4.78 is 5.83. The Bertz CT molecular complexity index is 818. The van der Waals surface area contributed by atoms with Crippen LogP contribution >= 0.6 is 0 Å².